The number of rotatable bonds is 3. The largest absolute Gasteiger partial charge is 0.341 e. The monoisotopic (exact) mass is 319 g/mol. The van der Waals surface area contributed by atoms with Crippen molar-refractivity contribution in [1.29, 1.82) is 0 Å². The van der Waals surface area contributed by atoms with Crippen molar-refractivity contribution in [3.8, 4) is 0 Å². The zero-order valence-corrected chi connectivity index (χ0v) is 14.1. The van der Waals surface area contributed by atoms with E-state index in [9.17, 15) is 9.59 Å². The van der Waals surface area contributed by atoms with Crippen LogP contribution in [0, 0.1) is 5.92 Å². The van der Waals surface area contributed by atoms with Crippen LogP contribution in [0.2, 0.25) is 0 Å². The first-order valence-corrected chi connectivity index (χ1v) is 8.45. The van der Waals surface area contributed by atoms with Crippen molar-refractivity contribution in [2.24, 2.45) is 5.92 Å². The summed E-state index contributed by atoms with van der Waals surface area (Å²) in [4.78, 5) is 32.3. The molecule has 0 radical (unpaired) electrons. The first-order valence-electron chi connectivity index (χ1n) is 8.45. The van der Waals surface area contributed by atoms with E-state index in [2.05, 4.69) is 29.0 Å². The number of hydrogen-bond donors (Lipinski definition) is 1. The van der Waals surface area contributed by atoms with Gasteiger partial charge < -0.3 is 9.80 Å². The summed E-state index contributed by atoms with van der Waals surface area (Å²) in [5, 5.41) is 7.30. The van der Waals surface area contributed by atoms with Gasteiger partial charge in [0.25, 0.3) is 0 Å². The molecule has 1 aromatic heterocycles. The standard InChI is InChI=1S/C16H25N5O2/c1-10(2)14-17-15(19-18-14)13-6-4-5-7-21(13)16(23)12-8-20(9-12)11(3)22/h10,12-13H,4-9H2,1-3H3,(H,17,18,19). The second kappa shape index (κ2) is 6.29. The third kappa shape index (κ3) is 3.09. The number of H-pyrrole nitrogens is 1. The summed E-state index contributed by atoms with van der Waals surface area (Å²) in [7, 11) is 0. The molecule has 7 nitrogen and oxygen atoms in total. The van der Waals surface area contributed by atoms with Gasteiger partial charge >= 0.3 is 0 Å². The molecule has 7 heteroatoms. The fraction of sp³-hybridized carbons (Fsp3) is 0.750. The van der Waals surface area contributed by atoms with Gasteiger partial charge in [0.1, 0.15) is 5.82 Å². The Morgan fingerprint density at radius 2 is 2.00 bits per heavy atom. The van der Waals surface area contributed by atoms with Crippen LogP contribution in [-0.4, -0.2) is 56.4 Å². The summed E-state index contributed by atoms with van der Waals surface area (Å²) in [5.41, 5.74) is 0. The highest BCUT2D eigenvalue weighted by Crippen LogP contribution is 2.32. The highest BCUT2D eigenvalue weighted by molar-refractivity contribution is 5.84. The number of carbonyl (C=O) groups is 2. The molecule has 2 aliphatic rings. The average molecular weight is 319 g/mol. The lowest BCUT2D eigenvalue weighted by Gasteiger charge is -2.43. The molecule has 0 aliphatic carbocycles. The minimum Gasteiger partial charge on any atom is -0.341 e. The van der Waals surface area contributed by atoms with Crippen LogP contribution < -0.4 is 0 Å². The zero-order valence-electron chi connectivity index (χ0n) is 14.1. The highest BCUT2D eigenvalue weighted by atomic mass is 16.2. The normalized spacial score (nSPS) is 22.3. The van der Waals surface area contributed by atoms with Crippen molar-refractivity contribution in [3.05, 3.63) is 11.6 Å². The van der Waals surface area contributed by atoms with Crippen molar-refractivity contribution in [3.63, 3.8) is 0 Å². The first-order chi connectivity index (χ1) is 11.0. The maximum atomic E-state index is 12.8. The molecular formula is C16H25N5O2. The van der Waals surface area contributed by atoms with E-state index >= 15 is 0 Å². The number of piperidine rings is 1. The molecule has 1 atom stereocenters. The quantitative estimate of drug-likeness (QED) is 0.914. The minimum absolute atomic E-state index is 0.0115. The highest BCUT2D eigenvalue weighted by Gasteiger charge is 2.40. The Balaban J connectivity index is 1.71. The number of likely N-dealkylation sites (tertiary alicyclic amines) is 2. The maximum Gasteiger partial charge on any atom is 0.229 e. The first kappa shape index (κ1) is 16.0. The molecule has 2 saturated heterocycles. The Hall–Kier alpha value is -1.92. The lowest BCUT2D eigenvalue weighted by Crippen LogP contribution is -2.56. The number of nitrogens with one attached hydrogen (secondary N) is 1. The predicted molar refractivity (Wildman–Crippen MR) is 84.5 cm³/mol. The molecule has 0 spiro atoms. The van der Waals surface area contributed by atoms with Gasteiger partial charge in [0.15, 0.2) is 5.82 Å². The van der Waals surface area contributed by atoms with Crippen molar-refractivity contribution in [2.45, 2.75) is 52.0 Å². The van der Waals surface area contributed by atoms with Crippen molar-refractivity contribution >= 4 is 11.8 Å². The molecule has 1 aromatic rings. The van der Waals surface area contributed by atoms with Gasteiger partial charge in [-0.3, -0.25) is 14.7 Å². The molecular weight excluding hydrogens is 294 g/mol. The Morgan fingerprint density at radius 1 is 1.26 bits per heavy atom. The Labute approximate surface area is 136 Å². The zero-order chi connectivity index (χ0) is 16.6. The van der Waals surface area contributed by atoms with Crippen LogP contribution in [0.1, 0.15) is 63.6 Å². The van der Waals surface area contributed by atoms with E-state index in [0.29, 0.717) is 13.1 Å². The van der Waals surface area contributed by atoms with Crippen LogP contribution in [0.5, 0.6) is 0 Å². The van der Waals surface area contributed by atoms with Gasteiger partial charge in [-0.05, 0) is 19.3 Å². The molecule has 2 amide bonds. The minimum atomic E-state index is -0.0630. The Bertz CT molecular complexity index is 591. The number of carbonyl (C=O) groups excluding carboxylic acids is 2. The molecule has 1 unspecified atom stereocenters. The number of amides is 2. The van der Waals surface area contributed by atoms with Gasteiger partial charge in [-0.2, -0.15) is 5.10 Å². The van der Waals surface area contributed by atoms with E-state index in [1.165, 1.54) is 0 Å². The summed E-state index contributed by atoms with van der Waals surface area (Å²) in [6.45, 7) is 7.52. The van der Waals surface area contributed by atoms with E-state index in [4.69, 9.17) is 0 Å². The van der Waals surface area contributed by atoms with Gasteiger partial charge in [-0.15, -0.1) is 0 Å². The second-order valence-electron chi connectivity index (χ2n) is 6.90. The van der Waals surface area contributed by atoms with E-state index in [1.54, 1.807) is 11.8 Å². The molecule has 0 aromatic carbocycles. The average Bonchev–Trinajstić information content (AvgIpc) is 2.95. The van der Waals surface area contributed by atoms with E-state index < -0.39 is 0 Å². The molecule has 2 fully saturated rings. The number of aromatic nitrogens is 3. The van der Waals surface area contributed by atoms with Gasteiger partial charge in [0, 0.05) is 32.5 Å². The second-order valence-corrected chi connectivity index (χ2v) is 6.90. The van der Waals surface area contributed by atoms with Crippen LogP contribution in [0.15, 0.2) is 0 Å². The van der Waals surface area contributed by atoms with Crippen LogP contribution in [0.4, 0.5) is 0 Å². The number of aromatic amines is 1. The summed E-state index contributed by atoms with van der Waals surface area (Å²) in [6, 6.07) is -0.0115. The van der Waals surface area contributed by atoms with Crippen molar-refractivity contribution < 1.29 is 9.59 Å². The number of nitrogens with zero attached hydrogens (tertiary/aromatic N) is 4. The van der Waals surface area contributed by atoms with E-state index in [1.807, 2.05) is 4.90 Å². The van der Waals surface area contributed by atoms with E-state index in [-0.39, 0.29) is 29.7 Å². The third-order valence-corrected chi connectivity index (χ3v) is 4.81. The van der Waals surface area contributed by atoms with Gasteiger partial charge in [-0.25, -0.2) is 4.98 Å². The molecule has 23 heavy (non-hydrogen) atoms. The van der Waals surface area contributed by atoms with Gasteiger partial charge in [0.2, 0.25) is 11.8 Å². The molecule has 126 valence electrons. The third-order valence-electron chi connectivity index (χ3n) is 4.81. The summed E-state index contributed by atoms with van der Waals surface area (Å²) >= 11 is 0. The molecule has 2 aliphatic heterocycles. The van der Waals surface area contributed by atoms with Crippen LogP contribution in [0.3, 0.4) is 0 Å². The predicted octanol–water partition coefficient (Wildman–Crippen LogP) is 1.46. The SMILES string of the molecule is CC(=O)N1CC(C(=O)N2CCCCC2c2nc(C(C)C)n[nH]2)C1. The molecule has 0 saturated carbocycles. The van der Waals surface area contributed by atoms with Crippen LogP contribution >= 0.6 is 0 Å². The summed E-state index contributed by atoms with van der Waals surface area (Å²) < 4.78 is 0. The Kier molecular flexibility index (Phi) is 4.37. The molecule has 1 N–H and O–H groups in total. The van der Waals surface area contributed by atoms with Crippen LogP contribution in [0.25, 0.3) is 0 Å². The van der Waals surface area contributed by atoms with Gasteiger partial charge in [-0.1, -0.05) is 13.8 Å². The fourth-order valence-corrected chi connectivity index (χ4v) is 3.30. The lowest BCUT2D eigenvalue weighted by molar-refractivity contribution is -0.150. The van der Waals surface area contributed by atoms with Crippen LogP contribution in [-0.2, 0) is 9.59 Å². The summed E-state index contributed by atoms with van der Waals surface area (Å²) in [6.07, 6.45) is 3.04. The van der Waals surface area contributed by atoms with Crippen molar-refractivity contribution in [2.75, 3.05) is 19.6 Å². The molecule has 0 bridgehead atoms. The Morgan fingerprint density at radius 3 is 2.61 bits per heavy atom. The summed E-state index contributed by atoms with van der Waals surface area (Å²) in [5.74, 6) is 1.99. The topological polar surface area (TPSA) is 82.2 Å². The smallest absolute Gasteiger partial charge is 0.229 e. The lowest BCUT2D eigenvalue weighted by atomic mass is 9.94. The van der Waals surface area contributed by atoms with Gasteiger partial charge in [0.05, 0.1) is 12.0 Å². The molecule has 3 heterocycles. The fourth-order valence-electron chi connectivity index (χ4n) is 3.30. The van der Waals surface area contributed by atoms with Crippen molar-refractivity contribution in [1.82, 2.24) is 25.0 Å². The maximum absolute atomic E-state index is 12.8. The number of hydrogen-bond acceptors (Lipinski definition) is 4. The van der Waals surface area contributed by atoms with E-state index in [0.717, 1.165) is 37.5 Å². The molecule has 3 rings (SSSR count).